The number of aromatic nitrogens is 4. The molecule has 0 saturated carbocycles. The van der Waals surface area contributed by atoms with Crippen LogP contribution in [0.3, 0.4) is 0 Å². The first kappa shape index (κ1) is 18.1. The van der Waals surface area contributed by atoms with E-state index in [2.05, 4.69) is 20.7 Å². The fourth-order valence-electron chi connectivity index (χ4n) is 2.98. The zero-order valence-electron chi connectivity index (χ0n) is 15.0. The van der Waals surface area contributed by atoms with E-state index < -0.39 is 5.69 Å². The quantitative estimate of drug-likeness (QED) is 0.657. The van der Waals surface area contributed by atoms with Crippen LogP contribution in [-0.2, 0) is 16.1 Å². The molecule has 146 valence electrons. The summed E-state index contributed by atoms with van der Waals surface area (Å²) in [6, 6.07) is 7.40. The number of carbonyl (C=O) groups is 1. The van der Waals surface area contributed by atoms with E-state index in [1.165, 1.54) is 22.7 Å². The maximum absolute atomic E-state index is 13.0. The Labute approximate surface area is 159 Å². The molecule has 2 aromatic heterocycles. The van der Waals surface area contributed by atoms with Gasteiger partial charge in [0, 0.05) is 25.0 Å². The van der Waals surface area contributed by atoms with Crippen molar-refractivity contribution < 1.29 is 13.9 Å². The number of carbonyl (C=O) groups excluding carboxylic acids is 1. The van der Waals surface area contributed by atoms with Crippen LogP contribution < -0.4 is 16.3 Å². The van der Waals surface area contributed by atoms with E-state index in [0.717, 1.165) is 17.5 Å². The first-order valence-corrected chi connectivity index (χ1v) is 8.95. The first-order valence-electron chi connectivity index (χ1n) is 8.95. The van der Waals surface area contributed by atoms with Crippen LogP contribution >= 0.6 is 0 Å². The first-order chi connectivity index (χ1) is 13.6. The van der Waals surface area contributed by atoms with Gasteiger partial charge in [-0.3, -0.25) is 4.79 Å². The fourth-order valence-corrected chi connectivity index (χ4v) is 2.98. The second-order valence-electron chi connectivity index (χ2n) is 6.49. The second-order valence-corrected chi connectivity index (χ2v) is 6.49. The molecule has 1 aliphatic rings. The highest BCUT2D eigenvalue weighted by Crippen LogP contribution is 2.15. The van der Waals surface area contributed by atoms with E-state index in [9.17, 15) is 14.0 Å². The molecular formula is C18H19FN6O3. The van der Waals surface area contributed by atoms with Gasteiger partial charge in [0.15, 0.2) is 0 Å². The topological polar surface area (TPSA) is 103 Å². The number of nitrogens with zero attached hydrogens (tertiary/aromatic N) is 4. The molecule has 1 atom stereocenters. The Morgan fingerprint density at radius 3 is 2.86 bits per heavy atom. The highest BCUT2D eigenvalue weighted by atomic mass is 19.1. The second kappa shape index (κ2) is 7.77. The maximum atomic E-state index is 13.0. The fraction of sp³-hybridized carbons (Fsp3) is 0.333. The van der Waals surface area contributed by atoms with Crippen LogP contribution in [0, 0.1) is 5.82 Å². The third kappa shape index (κ3) is 4.01. The summed E-state index contributed by atoms with van der Waals surface area (Å²) in [5.74, 6) is -0.0502. The van der Waals surface area contributed by atoms with Crippen molar-refractivity contribution in [3.8, 4) is 0 Å². The Bertz CT molecular complexity index is 1040. The number of hydrogen-bond acceptors (Lipinski definition) is 6. The lowest BCUT2D eigenvalue weighted by Gasteiger charge is -2.10. The molecule has 3 aromatic rings. The number of benzene rings is 1. The molecule has 1 fully saturated rings. The van der Waals surface area contributed by atoms with Crippen molar-refractivity contribution in [1.82, 2.24) is 24.5 Å². The van der Waals surface area contributed by atoms with Crippen LogP contribution in [0.15, 0.2) is 41.3 Å². The number of rotatable bonds is 6. The average molecular weight is 386 g/mol. The van der Waals surface area contributed by atoms with E-state index in [0.29, 0.717) is 24.7 Å². The molecular weight excluding hydrogens is 367 g/mol. The summed E-state index contributed by atoms with van der Waals surface area (Å²) in [5, 5.41) is 9.88. The number of amides is 1. The van der Waals surface area contributed by atoms with Crippen LogP contribution in [0.5, 0.6) is 0 Å². The van der Waals surface area contributed by atoms with E-state index >= 15 is 0 Å². The van der Waals surface area contributed by atoms with Gasteiger partial charge in [-0.25, -0.2) is 18.3 Å². The molecule has 0 spiro atoms. The van der Waals surface area contributed by atoms with E-state index in [-0.39, 0.29) is 30.2 Å². The molecule has 28 heavy (non-hydrogen) atoms. The Hall–Kier alpha value is -3.27. The highest BCUT2D eigenvalue weighted by Gasteiger charge is 2.17. The molecule has 9 nitrogen and oxygen atoms in total. The normalized spacial score (nSPS) is 16.4. The molecule has 0 radical (unpaired) electrons. The summed E-state index contributed by atoms with van der Waals surface area (Å²) < 4.78 is 20.8. The molecule has 10 heteroatoms. The van der Waals surface area contributed by atoms with Crippen molar-refractivity contribution in [2.24, 2.45) is 0 Å². The van der Waals surface area contributed by atoms with Crippen molar-refractivity contribution in [2.75, 3.05) is 18.5 Å². The number of hydrogen-bond donors (Lipinski definition) is 2. The SMILES string of the molecule is O=C(Cn1nc2nc(Nc3ccc(F)cc3)ccn2c1=O)NC[C@H]1CCCO1. The van der Waals surface area contributed by atoms with E-state index in [1.54, 1.807) is 18.2 Å². The minimum Gasteiger partial charge on any atom is -0.376 e. The zero-order chi connectivity index (χ0) is 19.5. The van der Waals surface area contributed by atoms with Gasteiger partial charge < -0.3 is 15.4 Å². The van der Waals surface area contributed by atoms with Crippen molar-refractivity contribution in [3.05, 3.63) is 52.8 Å². The molecule has 1 aliphatic heterocycles. The molecule has 3 heterocycles. The predicted octanol–water partition coefficient (Wildman–Crippen LogP) is 1.07. The van der Waals surface area contributed by atoms with Crippen LogP contribution in [0.4, 0.5) is 15.9 Å². The largest absolute Gasteiger partial charge is 0.376 e. The maximum Gasteiger partial charge on any atom is 0.352 e. The molecule has 1 amide bonds. The van der Waals surface area contributed by atoms with Crippen LogP contribution in [-0.4, -0.2) is 44.3 Å². The van der Waals surface area contributed by atoms with Gasteiger partial charge in [0.25, 0.3) is 5.78 Å². The third-order valence-corrected chi connectivity index (χ3v) is 4.42. The highest BCUT2D eigenvalue weighted by molar-refractivity contribution is 5.75. The zero-order valence-corrected chi connectivity index (χ0v) is 15.0. The summed E-state index contributed by atoms with van der Waals surface area (Å²) in [4.78, 5) is 28.7. The minimum absolute atomic E-state index is 0.0310. The minimum atomic E-state index is -0.455. The number of anilines is 2. The van der Waals surface area contributed by atoms with Gasteiger partial charge >= 0.3 is 5.69 Å². The Morgan fingerprint density at radius 2 is 2.11 bits per heavy atom. The lowest BCUT2D eigenvalue weighted by atomic mass is 10.2. The van der Waals surface area contributed by atoms with Crippen molar-refractivity contribution in [3.63, 3.8) is 0 Å². The smallest absolute Gasteiger partial charge is 0.352 e. The molecule has 2 N–H and O–H groups in total. The Kier molecular flexibility index (Phi) is 5.02. The summed E-state index contributed by atoms with van der Waals surface area (Å²) in [7, 11) is 0. The Morgan fingerprint density at radius 1 is 1.29 bits per heavy atom. The summed E-state index contributed by atoms with van der Waals surface area (Å²) >= 11 is 0. The molecule has 1 aromatic carbocycles. The van der Waals surface area contributed by atoms with E-state index in [1.807, 2.05) is 0 Å². The van der Waals surface area contributed by atoms with Gasteiger partial charge in [-0.15, -0.1) is 5.10 Å². The van der Waals surface area contributed by atoms with Gasteiger partial charge in [-0.1, -0.05) is 0 Å². The van der Waals surface area contributed by atoms with Crippen LogP contribution in [0.1, 0.15) is 12.8 Å². The summed E-state index contributed by atoms with van der Waals surface area (Å²) in [6.45, 7) is 0.937. The molecule has 0 unspecified atom stereocenters. The monoisotopic (exact) mass is 386 g/mol. The summed E-state index contributed by atoms with van der Waals surface area (Å²) in [5.41, 5.74) is 0.191. The average Bonchev–Trinajstić information content (AvgIpc) is 3.31. The lowest BCUT2D eigenvalue weighted by molar-refractivity contribution is -0.122. The standard InChI is InChI=1S/C18H19FN6O3/c19-12-3-5-13(6-4-12)21-15-7-8-24-17(22-15)23-25(18(24)27)11-16(26)20-10-14-2-1-9-28-14/h3-8,14H,1-2,9-11H2,(H,20,26)(H,21,22,23)/t14-/m1/s1. The van der Waals surface area contributed by atoms with Crippen LogP contribution in [0.2, 0.25) is 0 Å². The molecule has 1 saturated heterocycles. The van der Waals surface area contributed by atoms with Gasteiger partial charge in [-0.05, 0) is 43.2 Å². The molecule has 0 aliphatic carbocycles. The number of ether oxygens (including phenoxy) is 1. The molecule has 0 bridgehead atoms. The van der Waals surface area contributed by atoms with Crippen LogP contribution in [0.25, 0.3) is 5.78 Å². The third-order valence-electron chi connectivity index (χ3n) is 4.42. The number of nitrogens with one attached hydrogen (secondary N) is 2. The van der Waals surface area contributed by atoms with E-state index in [4.69, 9.17) is 4.74 Å². The van der Waals surface area contributed by atoms with Gasteiger partial charge in [0.1, 0.15) is 18.2 Å². The van der Waals surface area contributed by atoms with Gasteiger partial charge in [0.2, 0.25) is 5.91 Å². The van der Waals surface area contributed by atoms with Gasteiger partial charge in [-0.2, -0.15) is 4.98 Å². The molecule has 4 rings (SSSR count). The predicted molar refractivity (Wildman–Crippen MR) is 98.9 cm³/mol. The van der Waals surface area contributed by atoms with Gasteiger partial charge in [0.05, 0.1) is 6.10 Å². The lowest BCUT2D eigenvalue weighted by Crippen LogP contribution is -2.36. The van der Waals surface area contributed by atoms with Crippen molar-refractivity contribution in [1.29, 1.82) is 0 Å². The number of fused-ring (bicyclic) bond motifs is 1. The Balaban J connectivity index is 1.45. The number of halogens is 1. The summed E-state index contributed by atoms with van der Waals surface area (Å²) in [6.07, 6.45) is 3.46. The van der Waals surface area contributed by atoms with Crippen molar-refractivity contribution in [2.45, 2.75) is 25.5 Å². The van der Waals surface area contributed by atoms with Crippen molar-refractivity contribution >= 4 is 23.2 Å².